The number of hydrogen-bond acceptors (Lipinski definition) is 16. The van der Waals surface area contributed by atoms with Crippen LogP contribution in [0.4, 0.5) is 23.3 Å². The summed E-state index contributed by atoms with van der Waals surface area (Å²) in [6, 6.07) is 54.3. The minimum atomic E-state index is 0. The van der Waals surface area contributed by atoms with Crippen molar-refractivity contribution in [2.24, 2.45) is 69.9 Å². The van der Waals surface area contributed by atoms with Crippen LogP contribution in [-0.4, -0.2) is 121 Å². The highest BCUT2D eigenvalue weighted by atomic mass is 32.2. The topological polar surface area (TPSA) is 220 Å². The zero-order valence-corrected chi connectivity index (χ0v) is 57.7. The number of benzene rings is 4. The van der Waals surface area contributed by atoms with E-state index in [4.69, 9.17) is 9.98 Å². The molecule has 3 aliphatic carbocycles. The van der Waals surface area contributed by atoms with Gasteiger partial charge in [-0.25, -0.2) is 69.9 Å². The summed E-state index contributed by atoms with van der Waals surface area (Å²) in [5.41, 5.74) is 21.0. The fourth-order valence-corrected chi connectivity index (χ4v) is 12.4. The van der Waals surface area contributed by atoms with E-state index in [9.17, 15) is 0 Å². The molecule has 17 nitrogen and oxygen atoms in total. The van der Waals surface area contributed by atoms with Gasteiger partial charge in [-0.2, -0.15) is 23.5 Å². The number of thioether (sulfide) groups is 2. The van der Waals surface area contributed by atoms with Crippen molar-refractivity contribution in [2.75, 3.05) is 25.0 Å². The molecule has 0 amide bonds. The van der Waals surface area contributed by atoms with Gasteiger partial charge in [0.15, 0.2) is 46.7 Å². The molecule has 0 saturated heterocycles. The maximum absolute atomic E-state index is 5.39. The molecular formula is C85H73N17S2. The zero-order chi connectivity index (χ0) is 69.1. The molecule has 4 aromatic carbocycles. The van der Waals surface area contributed by atoms with Gasteiger partial charge in [0.1, 0.15) is 23.3 Å². The van der Waals surface area contributed by atoms with Crippen LogP contribution in [-0.2, 0) is 0 Å². The summed E-state index contributed by atoms with van der Waals surface area (Å²) in [5.74, 6) is 7.71. The van der Waals surface area contributed by atoms with E-state index in [1.165, 1.54) is 11.1 Å². The lowest BCUT2D eigenvalue weighted by Crippen LogP contribution is -2.03. The summed E-state index contributed by atoms with van der Waals surface area (Å²) in [4.78, 5) is 74.5. The lowest BCUT2D eigenvalue weighted by atomic mass is 9.91. The molecule has 7 aromatic rings. The van der Waals surface area contributed by atoms with Crippen LogP contribution < -0.4 is 0 Å². The summed E-state index contributed by atoms with van der Waals surface area (Å²) in [6.45, 7) is 0. The Morgan fingerprint density at radius 2 is 0.519 bits per heavy atom. The Morgan fingerprint density at radius 3 is 0.846 bits per heavy atom. The van der Waals surface area contributed by atoms with Crippen molar-refractivity contribution >= 4 is 150 Å². The molecule has 0 atom stereocenters. The first-order chi connectivity index (χ1) is 50.2. The van der Waals surface area contributed by atoms with Gasteiger partial charge in [0.2, 0.25) is 0 Å². The molecule has 12 heterocycles. The molecule has 104 heavy (non-hydrogen) atoms. The van der Waals surface area contributed by atoms with Gasteiger partial charge in [-0.05, 0) is 198 Å². The molecule has 0 radical (unpaired) electrons. The number of allylic oxidation sites excluding steroid dienone is 14. The lowest BCUT2D eigenvalue weighted by Gasteiger charge is -2.14. The molecule has 0 saturated carbocycles. The number of aliphatic imine (C=N–C) groups is 14. The predicted octanol–water partition coefficient (Wildman–Crippen LogP) is 19.4. The van der Waals surface area contributed by atoms with Crippen molar-refractivity contribution in [1.82, 2.24) is 15.0 Å². The van der Waals surface area contributed by atoms with E-state index in [1.54, 1.807) is 23.5 Å². The van der Waals surface area contributed by atoms with Crippen LogP contribution >= 0.6 is 23.5 Å². The number of nitrogens with one attached hydrogen (secondary N) is 3. The molecule has 510 valence electrons. The van der Waals surface area contributed by atoms with E-state index in [0.29, 0.717) is 71.2 Å². The van der Waals surface area contributed by atoms with Crippen molar-refractivity contribution in [3.8, 4) is 0 Å². The van der Waals surface area contributed by atoms with Crippen molar-refractivity contribution in [1.29, 1.82) is 0 Å². The average Bonchev–Trinajstić information content (AvgIpc) is 1.66. The van der Waals surface area contributed by atoms with Gasteiger partial charge in [-0.15, -0.1) is 0 Å². The molecule has 19 rings (SSSR count). The van der Waals surface area contributed by atoms with E-state index in [1.807, 2.05) is 122 Å². The van der Waals surface area contributed by atoms with Gasteiger partial charge in [0.05, 0.1) is 22.8 Å². The summed E-state index contributed by atoms with van der Waals surface area (Å²) < 4.78 is 0. The molecule has 3 aromatic heterocycles. The summed E-state index contributed by atoms with van der Waals surface area (Å²) in [6.07, 6.45) is 46.0. The Labute approximate surface area is 613 Å². The number of amidine groups is 8. The number of aromatic amines is 3. The summed E-state index contributed by atoms with van der Waals surface area (Å²) >= 11 is 3.50. The van der Waals surface area contributed by atoms with Gasteiger partial charge in [-0.1, -0.05) is 148 Å². The number of aromatic nitrogens is 3. The minimum absolute atomic E-state index is 0. The van der Waals surface area contributed by atoms with Gasteiger partial charge in [-0.3, -0.25) is 0 Å². The third-order valence-electron chi connectivity index (χ3n) is 16.7. The molecular weight excluding hydrogens is 1320 g/mol. The van der Waals surface area contributed by atoms with Crippen molar-refractivity contribution in [3.63, 3.8) is 0 Å². The largest absolute Gasteiger partial charge is 0.354 e. The third kappa shape index (κ3) is 16.2. The Morgan fingerprint density at radius 1 is 0.240 bits per heavy atom. The number of rotatable bonds is 4. The van der Waals surface area contributed by atoms with E-state index in [2.05, 4.69) is 245 Å². The van der Waals surface area contributed by atoms with E-state index >= 15 is 0 Å². The lowest BCUT2D eigenvalue weighted by molar-refractivity contribution is 1.26. The zero-order valence-electron chi connectivity index (χ0n) is 56.1. The standard InChI is InChI=1S/C45H31N3.2C17H11N7.2C2H6S.2CH4/c1-5-13-30(14-6-1)42-34-21-22-35(29-34)43(31-15-7-2-8-16-31)37-24-26-39(47-37)45(33-19-11-4-12-20-33)41-28-27-40(48-41)44(32-17-9-3-10-18-32)38-25-23-36(42)46-38;2*1-2-11-9-10(1)18-12-3-5-14(20-12)22-16-7-8-17(24-16)23-15-6-4-13(19-11)21-15;2*1-3-2;;/h1-28,48H,29H2;2*1-8H,9H2,(H,18,19,20,21,22,23,24);2*1-2H3;2*1H4. The predicted molar refractivity (Wildman–Crippen MR) is 445 cm³/mol. The Balaban J connectivity index is 0.000000144. The minimum Gasteiger partial charge on any atom is -0.354 e. The number of hydrogen-bond donors (Lipinski definition) is 3. The molecule has 19 heteroatoms. The van der Waals surface area contributed by atoms with Crippen LogP contribution in [0.25, 0.3) is 22.3 Å². The first kappa shape index (κ1) is 69.9. The Bertz CT molecular complexity index is 5120. The van der Waals surface area contributed by atoms with E-state index in [0.717, 1.165) is 120 Å². The quantitative estimate of drug-likeness (QED) is 0.157. The highest BCUT2D eigenvalue weighted by Gasteiger charge is 2.27. The fourth-order valence-electron chi connectivity index (χ4n) is 12.4. The summed E-state index contributed by atoms with van der Waals surface area (Å²) in [7, 11) is 0. The number of fused-ring (bicyclic) bond motifs is 18. The first-order valence-electron chi connectivity index (χ1n) is 33.1. The van der Waals surface area contributed by atoms with Crippen LogP contribution in [0.3, 0.4) is 0 Å². The third-order valence-corrected chi connectivity index (χ3v) is 16.7. The van der Waals surface area contributed by atoms with Crippen LogP contribution in [0, 0.1) is 0 Å². The Kier molecular flexibility index (Phi) is 21.8. The second-order valence-corrected chi connectivity index (χ2v) is 25.7. The van der Waals surface area contributed by atoms with E-state index < -0.39 is 0 Å². The van der Waals surface area contributed by atoms with Crippen LogP contribution in [0.15, 0.2) is 360 Å². The normalized spacial score (nSPS) is 17.5. The molecule has 3 N–H and O–H groups in total. The van der Waals surface area contributed by atoms with Gasteiger partial charge in [0, 0.05) is 69.4 Å². The number of nitrogens with zero attached hydrogens (tertiary/aromatic N) is 14. The van der Waals surface area contributed by atoms with Crippen LogP contribution in [0.2, 0.25) is 0 Å². The molecule has 0 spiro atoms. The second-order valence-electron chi connectivity index (χ2n) is 24.0. The maximum atomic E-state index is 5.39. The molecule has 0 fully saturated rings. The van der Waals surface area contributed by atoms with Crippen molar-refractivity contribution in [3.05, 3.63) is 323 Å². The second kappa shape index (κ2) is 32.4. The molecule has 12 aliphatic rings. The first-order valence-corrected chi connectivity index (χ1v) is 36.4. The van der Waals surface area contributed by atoms with Gasteiger partial charge < -0.3 is 15.0 Å². The maximum Gasteiger partial charge on any atom is 0.156 e. The van der Waals surface area contributed by atoms with Gasteiger partial charge >= 0.3 is 0 Å². The highest BCUT2D eigenvalue weighted by Crippen LogP contribution is 2.41. The van der Waals surface area contributed by atoms with Crippen LogP contribution in [0.1, 0.15) is 67.8 Å². The SMILES string of the molecule is C.C.C1=CC2=C(c3ccccc3)c3ccc([nH]3)C(c3ccccc3)=C3C=CC(=N3)C(c3ccccc3)=C3C=CC(=C(c4ccccc4)C1=N2)C3.C1=CC2=Nc3ccc([nH]3)N=C3C=CC(=N3)N=C3C=CC(=N3)N=C1C2.C1=CC2=Nc3ccc([nH]3)N=C3C=CC(=N3)N=C3C=CC(=N3)N=C1C2.CSC.CSC. The highest BCUT2D eigenvalue weighted by molar-refractivity contribution is 7.98. The van der Waals surface area contributed by atoms with Crippen molar-refractivity contribution < 1.29 is 0 Å². The molecule has 24 bridgehead atoms. The summed E-state index contributed by atoms with van der Waals surface area (Å²) in [5, 5.41) is 0. The monoisotopic (exact) mass is 1400 g/mol. The fraction of sp³-hybridized carbons (Fsp3) is 0.106. The van der Waals surface area contributed by atoms with E-state index in [-0.39, 0.29) is 14.9 Å². The average molecular weight is 1400 g/mol. The van der Waals surface area contributed by atoms with Crippen molar-refractivity contribution in [2.45, 2.75) is 34.1 Å². The number of H-pyrrole nitrogens is 3. The van der Waals surface area contributed by atoms with Gasteiger partial charge in [0.25, 0.3) is 0 Å². The smallest absolute Gasteiger partial charge is 0.156 e. The van der Waals surface area contributed by atoms with Crippen LogP contribution in [0.5, 0.6) is 0 Å². The molecule has 9 aliphatic heterocycles. The Hall–Kier alpha value is -12.6. The molecule has 0 unspecified atom stereocenters.